The normalized spacial score (nSPS) is 11.9. The van der Waals surface area contributed by atoms with Crippen molar-refractivity contribution in [3.8, 4) is 0 Å². The molecule has 0 aliphatic rings. The van der Waals surface area contributed by atoms with Gasteiger partial charge in [0, 0.05) is 25.5 Å². The molecule has 0 aliphatic carbocycles. The molecule has 1 aromatic rings. The van der Waals surface area contributed by atoms with E-state index in [1.807, 2.05) is 13.2 Å². The Balaban J connectivity index is 2.52. The van der Waals surface area contributed by atoms with Gasteiger partial charge in [0.25, 0.3) is 0 Å². The third-order valence-corrected chi connectivity index (χ3v) is 2.69. The number of sulfone groups is 1. The first-order valence-corrected chi connectivity index (χ1v) is 6.40. The Labute approximate surface area is 84.1 Å². The van der Waals surface area contributed by atoms with E-state index in [2.05, 4.69) is 10.3 Å². The van der Waals surface area contributed by atoms with Crippen molar-refractivity contribution in [2.75, 3.05) is 19.1 Å². The number of hydrogen-bond donors (Lipinski definition) is 1. The zero-order valence-electron chi connectivity index (χ0n) is 8.40. The lowest BCUT2D eigenvalue weighted by Crippen LogP contribution is -2.10. The van der Waals surface area contributed by atoms with Gasteiger partial charge in [0.1, 0.15) is 9.84 Å². The number of aryl methyl sites for hydroxylation is 1. The molecule has 0 aromatic carbocycles. The maximum Gasteiger partial charge on any atom is 0.149 e. The second-order valence-corrected chi connectivity index (χ2v) is 5.52. The zero-order valence-corrected chi connectivity index (χ0v) is 9.21. The molecule has 14 heavy (non-hydrogen) atoms. The molecule has 1 aromatic heterocycles. The first-order valence-electron chi connectivity index (χ1n) is 4.34. The second-order valence-electron chi connectivity index (χ2n) is 3.26. The summed E-state index contributed by atoms with van der Waals surface area (Å²) in [7, 11) is -1.05. The zero-order chi connectivity index (χ0) is 10.6. The van der Waals surface area contributed by atoms with E-state index in [1.165, 1.54) is 6.26 Å². The van der Waals surface area contributed by atoms with Crippen LogP contribution in [0.15, 0.2) is 12.5 Å². The molecule has 0 radical (unpaired) electrons. The molecule has 0 amide bonds. The van der Waals surface area contributed by atoms with Gasteiger partial charge in [0.2, 0.25) is 0 Å². The lowest BCUT2D eigenvalue weighted by Gasteiger charge is -1.99. The van der Waals surface area contributed by atoms with Crippen molar-refractivity contribution in [1.29, 1.82) is 0 Å². The van der Waals surface area contributed by atoms with Crippen LogP contribution in [0.25, 0.3) is 0 Å². The van der Waals surface area contributed by atoms with Gasteiger partial charge in [-0.3, -0.25) is 0 Å². The highest BCUT2D eigenvalue weighted by Gasteiger charge is 2.03. The highest BCUT2D eigenvalue weighted by Crippen LogP contribution is 1.96. The second kappa shape index (κ2) is 4.56. The van der Waals surface area contributed by atoms with E-state index in [4.69, 9.17) is 0 Å². The van der Waals surface area contributed by atoms with E-state index >= 15 is 0 Å². The van der Waals surface area contributed by atoms with E-state index in [0.717, 1.165) is 5.69 Å². The van der Waals surface area contributed by atoms with Crippen LogP contribution in [0, 0.1) is 0 Å². The number of hydrogen-bond acceptors (Lipinski definition) is 4. The largest absolute Gasteiger partial charge is 0.336 e. The topological polar surface area (TPSA) is 64.0 Å². The van der Waals surface area contributed by atoms with Gasteiger partial charge in [-0.1, -0.05) is 0 Å². The number of nitrogens with zero attached hydrogens (tertiary/aromatic N) is 2. The van der Waals surface area contributed by atoms with Crippen molar-refractivity contribution < 1.29 is 8.42 Å². The molecule has 5 nitrogen and oxygen atoms in total. The third kappa shape index (κ3) is 3.89. The summed E-state index contributed by atoms with van der Waals surface area (Å²) in [5, 5.41) is 2.98. The Morgan fingerprint density at radius 1 is 1.57 bits per heavy atom. The maximum atomic E-state index is 10.9. The highest BCUT2D eigenvalue weighted by atomic mass is 32.2. The summed E-state index contributed by atoms with van der Waals surface area (Å²) in [6.45, 7) is 1.17. The van der Waals surface area contributed by atoms with Crippen LogP contribution in [0.3, 0.4) is 0 Å². The maximum absolute atomic E-state index is 10.9. The minimum Gasteiger partial charge on any atom is -0.336 e. The number of imidazole rings is 1. The fourth-order valence-corrected chi connectivity index (χ4v) is 1.61. The van der Waals surface area contributed by atoms with Crippen LogP contribution in [-0.4, -0.2) is 37.0 Å². The summed E-state index contributed by atoms with van der Waals surface area (Å²) < 4.78 is 23.6. The van der Waals surface area contributed by atoms with E-state index < -0.39 is 9.84 Å². The molecular weight excluding hydrogens is 202 g/mol. The lowest BCUT2D eigenvalue weighted by molar-refractivity contribution is 0.594. The Kier molecular flexibility index (Phi) is 3.65. The van der Waals surface area contributed by atoms with Crippen LogP contribution in [0.1, 0.15) is 5.69 Å². The summed E-state index contributed by atoms with van der Waals surface area (Å²) in [4.78, 5) is 4.11. The smallest absolute Gasteiger partial charge is 0.149 e. The minimum absolute atomic E-state index is 0.155. The van der Waals surface area contributed by atoms with Gasteiger partial charge in [0.05, 0.1) is 17.8 Å². The summed E-state index contributed by atoms with van der Waals surface area (Å²) in [5.74, 6) is 0.155. The van der Waals surface area contributed by atoms with Gasteiger partial charge < -0.3 is 9.88 Å². The summed E-state index contributed by atoms with van der Waals surface area (Å²) in [6, 6.07) is 0. The van der Waals surface area contributed by atoms with Gasteiger partial charge >= 0.3 is 0 Å². The van der Waals surface area contributed by atoms with Gasteiger partial charge in [-0.25, -0.2) is 13.4 Å². The third-order valence-electron chi connectivity index (χ3n) is 1.76. The van der Waals surface area contributed by atoms with Crippen LogP contribution < -0.4 is 5.32 Å². The van der Waals surface area contributed by atoms with E-state index in [-0.39, 0.29) is 5.75 Å². The van der Waals surface area contributed by atoms with Gasteiger partial charge in [-0.05, 0) is 7.05 Å². The lowest BCUT2D eigenvalue weighted by atomic mass is 10.5. The average Bonchev–Trinajstić information content (AvgIpc) is 2.49. The van der Waals surface area contributed by atoms with Crippen LogP contribution in [0.4, 0.5) is 0 Å². The first-order chi connectivity index (χ1) is 6.51. The van der Waals surface area contributed by atoms with Crippen LogP contribution in [-0.2, 0) is 22.9 Å². The SMILES string of the molecule is CNCc1cn(CCS(C)(=O)=O)cn1. The first kappa shape index (κ1) is 11.2. The number of aromatic nitrogens is 2. The van der Waals surface area contributed by atoms with Crippen LogP contribution in [0.5, 0.6) is 0 Å². The monoisotopic (exact) mass is 217 g/mol. The quantitative estimate of drug-likeness (QED) is 0.732. The molecule has 6 heteroatoms. The van der Waals surface area contributed by atoms with Crippen molar-refractivity contribution in [3.63, 3.8) is 0 Å². The molecule has 0 fully saturated rings. The number of rotatable bonds is 5. The van der Waals surface area contributed by atoms with Gasteiger partial charge in [-0.15, -0.1) is 0 Å². The Bertz CT molecular complexity index is 383. The van der Waals surface area contributed by atoms with Crippen molar-refractivity contribution in [2.45, 2.75) is 13.1 Å². The molecule has 1 heterocycles. The van der Waals surface area contributed by atoms with Crippen LogP contribution in [0.2, 0.25) is 0 Å². The summed E-state index contributed by atoms with van der Waals surface area (Å²) >= 11 is 0. The average molecular weight is 217 g/mol. The molecular formula is C8H15N3O2S. The fourth-order valence-electron chi connectivity index (χ4n) is 1.07. The molecule has 0 spiro atoms. The molecule has 0 atom stereocenters. The molecule has 0 saturated carbocycles. The Morgan fingerprint density at radius 2 is 2.29 bits per heavy atom. The Morgan fingerprint density at radius 3 is 2.86 bits per heavy atom. The van der Waals surface area contributed by atoms with Crippen LogP contribution >= 0.6 is 0 Å². The molecule has 0 saturated heterocycles. The van der Waals surface area contributed by atoms with E-state index in [9.17, 15) is 8.42 Å². The highest BCUT2D eigenvalue weighted by molar-refractivity contribution is 7.90. The van der Waals surface area contributed by atoms with Crippen molar-refractivity contribution in [2.24, 2.45) is 0 Å². The van der Waals surface area contributed by atoms with E-state index in [1.54, 1.807) is 10.9 Å². The standard InChI is InChI=1S/C8H15N3O2S/c1-9-5-8-6-11(7-10-8)3-4-14(2,12)13/h6-7,9H,3-5H2,1-2H3. The summed E-state index contributed by atoms with van der Waals surface area (Å²) in [5.41, 5.74) is 0.918. The predicted octanol–water partition coefficient (Wildman–Crippen LogP) is -0.353. The molecule has 0 aliphatic heterocycles. The number of nitrogens with one attached hydrogen (secondary N) is 1. The molecule has 1 N–H and O–H groups in total. The Hall–Kier alpha value is -0.880. The van der Waals surface area contributed by atoms with Crippen molar-refractivity contribution in [1.82, 2.24) is 14.9 Å². The van der Waals surface area contributed by atoms with Crippen molar-refractivity contribution >= 4 is 9.84 Å². The molecule has 0 bridgehead atoms. The van der Waals surface area contributed by atoms with Gasteiger partial charge in [0.15, 0.2) is 0 Å². The van der Waals surface area contributed by atoms with Crippen molar-refractivity contribution in [3.05, 3.63) is 18.2 Å². The fraction of sp³-hybridized carbons (Fsp3) is 0.625. The molecule has 80 valence electrons. The minimum atomic E-state index is -2.89. The predicted molar refractivity (Wildman–Crippen MR) is 54.7 cm³/mol. The van der Waals surface area contributed by atoms with Gasteiger partial charge in [-0.2, -0.15) is 0 Å². The van der Waals surface area contributed by atoms with E-state index in [0.29, 0.717) is 13.1 Å². The molecule has 0 unspecified atom stereocenters. The molecule has 1 rings (SSSR count). The summed E-state index contributed by atoms with van der Waals surface area (Å²) in [6.07, 6.45) is 4.73.